The molecule has 1 aromatic carbocycles. The van der Waals surface area contributed by atoms with Gasteiger partial charge in [-0.15, -0.1) is 0 Å². The van der Waals surface area contributed by atoms with E-state index >= 15 is 0 Å². The van der Waals surface area contributed by atoms with Crippen molar-refractivity contribution in [3.05, 3.63) is 35.4 Å². The van der Waals surface area contributed by atoms with Gasteiger partial charge in [0.1, 0.15) is 0 Å². The van der Waals surface area contributed by atoms with Crippen LogP contribution < -0.4 is 9.47 Å². The molecule has 1 atom stereocenters. The Hall–Kier alpha value is -1.97. The Morgan fingerprint density at radius 2 is 1.87 bits per heavy atom. The Balaban J connectivity index is 1.80. The molecule has 2 aliphatic carbocycles. The van der Waals surface area contributed by atoms with Gasteiger partial charge < -0.3 is 14.2 Å². The van der Waals surface area contributed by atoms with Gasteiger partial charge in [0, 0.05) is 11.5 Å². The van der Waals surface area contributed by atoms with Gasteiger partial charge in [0.2, 0.25) is 0 Å². The van der Waals surface area contributed by atoms with Crippen LogP contribution in [0.25, 0.3) is 0 Å². The van der Waals surface area contributed by atoms with E-state index in [0.717, 1.165) is 48.3 Å². The van der Waals surface area contributed by atoms with Gasteiger partial charge in [0.05, 0.1) is 20.3 Å². The third-order valence-electron chi connectivity index (χ3n) is 4.79. The van der Waals surface area contributed by atoms with E-state index in [1.807, 2.05) is 12.1 Å². The van der Waals surface area contributed by atoms with Crippen LogP contribution in [0.15, 0.2) is 29.8 Å². The minimum Gasteiger partial charge on any atom is -0.493 e. The highest BCUT2D eigenvalue weighted by atomic mass is 16.5. The normalized spacial score (nSPS) is 21.1. The van der Waals surface area contributed by atoms with Crippen molar-refractivity contribution in [1.29, 1.82) is 0 Å². The van der Waals surface area contributed by atoms with Crippen LogP contribution in [-0.4, -0.2) is 26.3 Å². The quantitative estimate of drug-likeness (QED) is 0.770. The monoisotopic (exact) mass is 316 g/mol. The number of hydrogen-bond acceptors (Lipinski definition) is 4. The predicted molar refractivity (Wildman–Crippen MR) is 88.0 cm³/mol. The smallest absolute Gasteiger partial charge is 0.333 e. The van der Waals surface area contributed by atoms with E-state index in [0.29, 0.717) is 6.10 Å². The first-order valence-corrected chi connectivity index (χ1v) is 8.35. The van der Waals surface area contributed by atoms with Gasteiger partial charge in [-0.05, 0) is 56.2 Å². The standard InChI is InChI=1S/C19H24O4/c1-21-17-10-9-14(12-18(17)23-16-5-3-4-6-16)13-7-8-15(11-13)19(20)22-2/h9-13,16H,3-8H2,1-2H3. The lowest BCUT2D eigenvalue weighted by Crippen LogP contribution is -2.12. The summed E-state index contributed by atoms with van der Waals surface area (Å²) in [6.07, 6.45) is 8.71. The van der Waals surface area contributed by atoms with E-state index in [4.69, 9.17) is 14.2 Å². The highest BCUT2D eigenvalue weighted by Crippen LogP contribution is 2.38. The molecule has 0 spiro atoms. The molecule has 2 aliphatic rings. The zero-order chi connectivity index (χ0) is 16.2. The zero-order valence-electron chi connectivity index (χ0n) is 13.8. The molecule has 4 heteroatoms. The van der Waals surface area contributed by atoms with Crippen molar-refractivity contribution < 1.29 is 19.0 Å². The van der Waals surface area contributed by atoms with E-state index in [-0.39, 0.29) is 11.9 Å². The van der Waals surface area contributed by atoms with Crippen molar-refractivity contribution in [3.8, 4) is 11.5 Å². The molecule has 0 heterocycles. The molecular formula is C19H24O4. The molecule has 1 unspecified atom stereocenters. The number of benzene rings is 1. The van der Waals surface area contributed by atoms with E-state index in [1.165, 1.54) is 20.0 Å². The summed E-state index contributed by atoms with van der Waals surface area (Å²) >= 11 is 0. The minimum atomic E-state index is -0.219. The number of allylic oxidation sites excluding steroid dienone is 1. The Morgan fingerprint density at radius 1 is 1.09 bits per heavy atom. The highest BCUT2D eigenvalue weighted by Gasteiger charge is 2.24. The van der Waals surface area contributed by atoms with E-state index < -0.39 is 0 Å². The van der Waals surface area contributed by atoms with Gasteiger partial charge in [-0.2, -0.15) is 0 Å². The molecule has 1 aromatic rings. The maximum atomic E-state index is 11.7. The molecule has 0 radical (unpaired) electrons. The van der Waals surface area contributed by atoms with Gasteiger partial charge in [0.15, 0.2) is 11.5 Å². The molecule has 0 amide bonds. The number of ether oxygens (including phenoxy) is 3. The fraction of sp³-hybridized carbons (Fsp3) is 0.526. The van der Waals surface area contributed by atoms with Crippen LogP contribution in [0.2, 0.25) is 0 Å². The number of rotatable bonds is 5. The molecule has 0 bridgehead atoms. The first-order chi connectivity index (χ1) is 11.2. The average molecular weight is 316 g/mol. The van der Waals surface area contributed by atoms with Crippen LogP contribution in [-0.2, 0) is 9.53 Å². The number of carbonyl (C=O) groups is 1. The van der Waals surface area contributed by atoms with Crippen LogP contribution in [0.3, 0.4) is 0 Å². The topological polar surface area (TPSA) is 44.8 Å². The van der Waals surface area contributed by atoms with Crippen molar-refractivity contribution in [2.75, 3.05) is 14.2 Å². The van der Waals surface area contributed by atoms with E-state index in [9.17, 15) is 4.79 Å². The predicted octanol–water partition coefficient (Wildman–Crippen LogP) is 3.99. The minimum absolute atomic E-state index is 0.219. The average Bonchev–Trinajstić information content (AvgIpc) is 3.25. The van der Waals surface area contributed by atoms with Gasteiger partial charge in [0.25, 0.3) is 0 Å². The fourth-order valence-electron chi connectivity index (χ4n) is 3.49. The summed E-state index contributed by atoms with van der Waals surface area (Å²) in [6.45, 7) is 0. The van der Waals surface area contributed by atoms with Crippen molar-refractivity contribution in [1.82, 2.24) is 0 Å². The van der Waals surface area contributed by atoms with Gasteiger partial charge in [-0.25, -0.2) is 4.79 Å². The van der Waals surface area contributed by atoms with Gasteiger partial charge in [-0.1, -0.05) is 12.1 Å². The summed E-state index contributed by atoms with van der Waals surface area (Å²) in [5.41, 5.74) is 1.93. The van der Waals surface area contributed by atoms with E-state index in [2.05, 4.69) is 12.1 Å². The van der Waals surface area contributed by atoms with E-state index in [1.54, 1.807) is 7.11 Å². The largest absolute Gasteiger partial charge is 0.493 e. The Bertz CT molecular complexity index is 599. The molecule has 0 aromatic heterocycles. The van der Waals surface area contributed by atoms with Gasteiger partial charge in [-0.3, -0.25) is 0 Å². The molecule has 1 fully saturated rings. The Morgan fingerprint density at radius 3 is 2.57 bits per heavy atom. The highest BCUT2D eigenvalue weighted by molar-refractivity contribution is 5.89. The molecular weight excluding hydrogens is 292 g/mol. The Labute approximate surface area is 137 Å². The number of methoxy groups -OCH3 is 2. The summed E-state index contributed by atoms with van der Waals surface area (Å²) < 4.78 is 16.4. The molecule has 4 nitrogen and oxygen atoms in total. The van der Waals surface area contributed by atoms with Crippen LogP contribution in [0.5, 0.6) is 11.5 Å². The van der Waals surface area contributed by atoms with Crippen molar-refractivity contribution in [2.45, 2.75) is 50.5 Å². The number of carbonyl (C=O) groups excluding carboxylic acids is 1. The van der Waals surface area contributed by atoms with Crippen molar-refractivity contribution in [2.24, 2.45) is 0 Å². The lowest BCUT2D eigenvalue weighted by Gasteiger charge is -2.18. The second kappa shape index (κ2) is 7.07. The van der Waals surface area contributed by atoms with Gasteiger partial charge >= 0.3 is 5.97 Å². The first-order valence-electron chi connectivity index (χ1n) is 8.35. The summed E-state index contributed by atoms with van der Waals surface area (Å²) in [5, 5.41) is 0. The molecule has 0 N–H and O–H groups in total. The zero-order valence-corrected chi connectivity index (χ0v) is 13.8. The molecule has 0 aliphatic heterocycles. The lowest BCUT2D eigenvalue weighted by molar-refractivity contribution is -0.136. The Kier molecular flexibility index (Phi) is 4.89. The molecule has 124 valence electrons. The lowest BCUT2D eigenvalue weighted by atomic mass is 9.98. The number of hydrogen-bond donors (Lipinski definition) is 0. The maximum Gasteiger partial charge on any atom is 0.333 e. The summed E-state index contributed by atoms with van der Waals surface area (Å²) in [6, 6.07) is 6.09. The van der Waals surface area contributed by atoms with Crippen molar-refractivity contribution >= 4 is 5.97 Å². The second-order valence-electron chi connectivity index (χ2n) is 6.26. The summed E-state index contributed by atoms with van der Waals surface area (Å²) in [7, 11) is 3.10. The molecule has 23 heavy (non-hydrogen) atoms. The molecule has 1 saturated carbocycles. The molecule has 0 saturated heterocycles. The third-order valence-corrected chi connectivity index (χ3v) is 4.79. The third kappa shape index (κ3) is 3.52. The first kappa shape index (κ1) is 15.9. The number of esters is 1. The van der Waals surface area contributed by atoms with Crippen LogP contribution in [0.4, 0.5) is 0 Å². The fourth-order valence-corrected chi connectivity index (χ4v) is 3.49. The van der Waals surface area contributed by atoms with Crippen molar-refractivity contribution in [3.63, 3.8) is 0 Å². The maximum absolute atomic E-state index is 11.7. The molecule has 3 rings (SSSR count). The summed E-state index contributed by atoms with van der Waals surface area (Å²) in [5.74, 6) is 1.61. The second-order valence-corrected chi connectivity index (χ2v) is 6.26. The van der Waals surface area contributed by atoms with Crippen LogP contribution in [0.1, 0.15) is 50.0 Å². The van der Waals surface area contributed by atoms with Crippen LogP contribution in [0, 0.1) is 0 Å². The summed E-state index contributed by atoms with van der Waals surface area (Å²) in [4.78, 5) is 11.7. The SMILES string of the molecule is COC(=O)C1=CC(c2ccc(OC)c(OC3CCCC3)c2)CC1. The van der Waals surface area contributed by atoms with Crippen LogP contribution >= 0.6 is 0 Å².